The number of nitrogens with zero attached hydrogens (tertiary/aromatic N) is 2. The number of rotatable bonds is 7. The summed E-state index contributed by atoms with van der Waals surface area (Å²) in [5, 5.41) is 4.06. The molecular weight excluding hydrogens is 524 g/mol. The number of hydrogen-bond acceptors (Lipinski definition) is 5. The number of hydrazone groups is 1. The number of aromatic nitrogens is 1. The molecule has 0 spiro atoms. The molecule has 3 rings (SSSR count). The third-order valence-corrected chi connectivity index (χ3v) is 5.03. The lowest BCUT2D eigenvalue weighted by atomic mass is 10.2. The number of carbonyl (C=O) groups excluding carboxylic acids is 1. The molecule has 1 N–H and O–H groups in total. The molecule has 6 nitrogen and oxygen atoms in total. The van der Waals surface area contributed by atoms with Crippen LogP contribution in [0.25, 0.3) is 0 Å². The number of ether oxygens (including phenoxy) is 2. The fourth-order valence-corrected chi connectivity index (χ4v) is 3.46. The highest BCUT2D eigenvalue weighted by molar-refractivity contribution is 14.1. The van der Waals surface area contributed by atoms with Gasteiger partial charge in [0.05, 0.1) is 22.5 Å². The van der Waals surface area contributed by atoms with Crippen LogP contribution in [0.2, 0.25) is 5.15 Å². The molecule has 0 aliphatic rings. The summed E-state index contributed by atoms with van der Waals surface area (Å²) >= 11 is 8.02. The van der Waals surface area contributed by atoms with Crippen LogP contribution in [0.15, 0.2) is 59.8 Å². The van der Waals surface area contributed by atoms with Crippen molar-refractivity contribution in [2.45, 2.75) is 6.61 Å². The molecule has 0 saturated carbocycles. The number of nitrogens with one attached hydrogen (secondary N) is 1. The monoisotopic (exact) mass is 539 g/mol. The van der Waals surface area contributed by atoms with Crippen LogP contribution in [0.5, 0.6) is 11.5 Å². The van der Waals surface area contributed by atoms with Crippen LogP contribution in [-0.4, -0.2) is 24.2 Å². The molecule has 0 bridgehead atoms. The van der Waals surface area contributed by atoms with E-state index in [-0.39, 0.29) is 23.1 Å². The molecule has 0 aliphatic carbocycles. The topological polar surface area (TPSA) is 72.8 Å². The first-order valence-corrected chi connectivity index (χ1v) is 10.1. The van der Waals surface area contributed by atoms with Crippen molar-refractivity contribution in [1.29, 1.82) is 0 Å². The van der Waals surface area contributed by atoms with Crippen LogP contribution >= 0.6 is 34.2 Å². The third-order valence-electron chi connectivity index (χ3n) is 3.93. The van der Waals surface area contributed by atoms with E-state index in [1.54, 1.807) is 30.3 Å². The molecule has 0 atom stereocenters. The smallest absolute Gasteiger partial charge is 0.274 e. The van der Waals surface area contributed by atoms with E-state index in [4.69, 9.17) is 21.1 Å². The van der Waals surface area contributed by atoms with E-state index in [0.29, 0.717) is 17.1 Å². The molecule has 1 aromatic heterocycles. The van der Waals surface area contributed by atoms with Gasteiger partial charge in [-0.15, -0.1) is 0 Å². The summed E-state index contributed by atoms with van der Waals surface area (Å²) in [6.07, 6.45) is 2.98. The van der Waals surface area contributed by atoms with Crippen LogP contribution in [0.3, 0.4) is 0 Å². The summed E-state index contributed by atoms with van der Waals surface area (Å²) in [5.41, 5.74) is 4.17. The lowest BCUT2D eigenvalue weighted by molar-refractivity contribution is 0.0955. The number of pyridine rings is 1. The molecule has 154 valence electrons. The number of hydrogen-bond donors (Lipinski definition) is 1. The Morgan fingerprint density at radius 2 is 2.07 bits per heavy atom. The van der Waals surface area contributed by atoms with Gasteiger partial charge in [0.15, 0.2) is 11.5 Å². The maximum atomic E-state index is 13.0. The van der Waals surface area contributed by atoms with Gasteiger partial charge in [0.1, 0.15) is 17.6 Å². The first-order chi connectivity index (χ1) is 14.5. The van der Waals surface area contributed by atoms with E-state index in [1.807, 2.05) is 6.07 Å². The Morgan fingerprint density at radius 3 is 2.77 bits per heavy atom. The van der Waals surface area contributed by atoms with Gasteiger partial charge in [0.25, 0.3) is 5.91 Å². The molecule has 1 heterocycles. The first-order valence-electron chi connectivity index (χ1n) is 8.66. The summed E-state index contributed by atoms with van der Waals surface area (Å²) in [4.78, 5) is 16.0. The molecule has 3 aromatic rings. The number of methoxy groups -OCH3 is 1. The van der Waals surface area contributed by atoms with Crippen molar-refractivity contribution in [2.75, 3.05) is 7.11 Å². The predicted octanol–water partition coefficient (Wildman–Crippen LogP) is 4.83. The third kappa shape index (κ3) is 5.67. The molecule has 1 amide bonds. The van der Waals surface area contributed by atoms with Crippen molar-refractivity contribution in [2.24, 2.45) is 5.10 Å². The summed E-state index contributed by atoms with van der Waals surface area (Å²) in [5.74, 6) is 0.301. The van der Waals surface area contributed by atoms with Gasteiger partial charge in [-0.3, -0.25) is 4.79 Å². The van der Waals surface area contributed by atoms with E-state index in [1.165, 1.54) is 31.7 Å². The van der Waals surface area contributed by atoms with Gasteiger partial charge in [-0.05, 0) is 70.1 Å². The van der Waals surface area contributed by atoms with E-state index < -0.39 is 5.91 Å². The van der Waals surface area contributed by atoms with Crippen molar-refractivity contribution in [1.82, 2.24) is 10.4 Å². The van der Waals surface area contributed by atoms with E-state index in [2.05, 4.69) is 38.1 Å². The Morgan fingerprint density at radius 1 is 1.30 bits per heavy atom. The normalized spacial score (nSPS) is 10.8. The molecule has 0 fully saturated rings. The predicted molar refractivity (Wildman–Crippen MR) is 121 cm³/mol. The van der Waals surface area contributed by atoms with Gasteiger partial charge in [0.2, 0.25) is 0 Å². The first kappa shape index (κ1) is 22.0. The molecule has 2 aromatic carbocycles. The summed E-state index contributed by atoms with van der Waals surface area (Å²) in [7, 11) is 1.53. The van der Waals surface area contributed by atoms with Gasteiger partial charge < -0.3 is 9.47 Å². The van der Waals surface area contributed by atoms with Crippen molar-refractivity contribution in [3.63, 3.8) is 0 Å². The Bertz CT molecular complexity index is 1080. The quantitative estimate of drug-likeness (QED) is 0.202. The number of benzene rings is 2. The fraction of sp³-hybridized carbons (Fsp3) is 0.0952. The molecule has 30 heavy (non-hydrogen) atoms. The fourth-order valence-electron chi connectivity index (χ4n) is 2.47. The second-order valence-electron chi connectivity index (χ2n) is 5.99. The second-order valence-corrected chi connectivity index (χ2v) is 7.51. The Hall–Kier alpha value is -2.72. The van der Waals surface area contributed by atoms with E-state index >= 15 is 0 Å². The van der Waals surface area contributed by atoms with Crippen LogP contribution in [0.4, 0.5) is 4.39 Å². The zero-order chi connectivity index (χ0) is 21.5. The Balaban J connectivity index is 1.70. The maximum Gasteiger partial charge on any atom is 0.274 e. The largest absolute Gasteiger partial charge is 0.493 e. The molecular formula is C21H16ClFIN3O3. The van der Waals surface area contributed by atoms with E-state index in [0.717, 1.165) is 9.13 Å². The van der Waals surface area contributed by atoms with Crippen molar-refractivity contribution in [3.05, 3.63) is 86.0 Å². The lowest BCUT2D eigenvalue weighted by Crippen LogP contribution is -2.18. The minimum absolute atomic E-state index is 0.101. The van der Waals surface area contributed by atoms with Gasteiger partial charge in [-0.1, -0.05) is 23.7 Å². The van der Waals surface area contributed by atoms with Gasteiger partial charge in [-0.2, -0.15) is 5.10 Å². The SMILES string of the molecule is COc1cc(C=NNC(=O)c2cccnc2Cl)cc(I)c1OCc1ccc(F)cc1. The minimum atomic E-state index is -0.467. The summed E-state index contributed by atoms with van der Waals surface area (Å²) in [6, 6.07) is 12.8. The Kier molecular flexibility index (Phi) is 7.58. The van der Waals surface area contributed by atoms with Crippen LogP contribution in [0, 0.1) is 9.39 Å². The van der Waals surface area contributed by atoms with Gasteiger partial charge in [-0.25, -0.2) is 14.8 Å². The van der Waals surface area contributed by atoms with E-state index in [9.17, 15) is 9.18 Å². The minimum Gasteiger partial charge on any atom is -0.493 e. The van der Waals surface area contributed by atoms with Crippen molar-refractivity contribution < 1.29 is 18.7 Å². The molecule has 0 aliphatic heterocycles. The summed E-state index contributed by atoms with van der Waals surface area (Å²) < 4.78 is 25.1. The van der Waals surface area contributed by atoms with Crippen molar-refractivity contribution >= 4 is 46.3 Å². The van der Waals surface area contributed by atoms with Gasteiger partial charge in [0, 0.05) is 6.20 Å². The summed E-state index contributed by atoms with van der Waals surface area (Å²) in [6.45, 7) is 0.266. The standard InChI is InChI=1S/C21H16ClFIN3O3/c1-29-18-10-14(11-26-27-21(28)16-3-2-8-25-20(16)22)9-17(24)19(18)30-12-13-4-6-15(23)7-5-13/h2-11H,12H2,1H3,(H,27,28). The number of halogens is 3. The molecule has 9 heteroatoms. The number of amides is 1. The molecule has 0 saturated heterocycles. The number of carbonyl (C=O) groups is 1. The zero-order valence-corrected chi connectivity index (χ0v) is 18.6. The van der Waals surface area contributed by atoms with Crippen LogP contribution in [0.1, 0.15) is 21.5 Å². The highest BCUT2D eigenvalue weighted by atomic mass is 127. The van der Waals surface area contributed by atoms with Crippen molar-refractivity contribution in [3.8, 4) is 11.5 Å². The molecule has 0 radical (unpaired) electrons. The highest BCUT2D eigenvalue weighted by Crippen LogP contribution is 2.34. The van der Waals surface area contributed by atoms with Crippen LogP contribution < -0.4 is 14.9 Å². The zero-order valence-electron chi connectivity index (χ0n) is 15.7. The maximum absolute atomic E-state index is 13.0. The Labute approximate surface area is 191 Å². The lowest BCUT2D eigenvalue weighted by Gasteiger charge is -2.13. The average molecular weight is 540 g/mol. The molecule has 0 unspecified atom stereocenters. The van der Waals surface area contributed by atoms with Crippen LogP contribution in [-0.2, 0) is 6.61 Å². The second kappa shape index (κ2) is 10.4. The average Bonchev–Trinajstić information content (AvgIpc) is 2.74. The highest BCUT2D eigenvalue weighted by Gasteiger charge is 2.12. The van der Waals surface area contributed by atoms with Gasteiger partial charge >= 0.3 is 0 Å².